The first-order valence-corrected chi connectivity index (χ1v) is 6.58. The van der Waals surface area contributed by atoms with Crippen LogP contribution in [0.3, 0.4) is 0 Å². The number of nitrogen functional groups attached to an aromatic ring is 1. The molecule has 0 bridgehead atoms. The first-order chi connectivity index (χ1) is 10.1. The fourth-order valence-electron chi connectivity index (χ4n) is 2.40. The van der Waals surface area contributed by atoms with Crippen LogP contribution in [-0.4, -0.2) is 27.1 Å². The number of hydrogen-bond donors (Lipinski definition) is 2. The molecule has 21 heavy (non-hydrogen) atoms. The summed E-state index contributed by atoms with van der Waals surface area (Å²) in [7, 11) is 3.48. The minimum absolute atomic E-state index is 0.593. The summed E-state index contributed by atoms with van der Waals surface area (Å²) in [6.45, 7) is 2.03. The lowest BCUT2D eigenvalue weighted by Gasteiger charge is -2.10. The molecule has 2 aromatic heterocycles. The van der Waals surface area contributed by atoms with Crippen LogP contribution in [-0.2, 0) is 7.05 Å². The van der Waals surface area contributed by atoms with Gasteiger partial charge >= 0.3 is 0 Å². The maximum Gasteiger partial charge on any atom is 0.130 e. The number of aryl methyl sites for hydroxylation is 2. The van der Waals surface area contributed by atoms with Crippen LogP contribution < -0.4 is 10.5 Å². The van der Waals surface area contributed by atoms with E-state index in [1.54, 1.807) is 24.2 Å². The zero-order valence-electron chi connectivity index (χ0n) is 12.2. The van der Waals surface area contributed by atoms with Crippen molar-refractivity contribution < 1.29 is 4.74 Å². The Hall–Kier alpha value is -2.76. The number of nitrogens with one attached hydrogen (secondary N) is 1. The van der Waals surface area contributed by atoms with Crippen molar-refractivity contribution in [1.82, 2.24) is 20.0 Å². The fourth-order valence-corrected chi connectivity index (χ4v) is 2.40. The van der Waals surface area contributed by atoms with E-state index in [1.807, 2.05) is 26.1 Å². The third-order valence-corrected chi connectivity index (χ3v) is 3.49. The summed E-state index contributed by atoms with van der Waals surface area (Å²) >= 11 is 0. The van der Waals surface area contributed by atoms with E-state index in [9.17, 15) is 0 Å². The van der Waals surface area contributed by atoms with E-state index in [1.165, 1.54) is 0 Å². The lowest BCUT2D eigenvalue weighted by Crippen LogP contribution is -1.98. The summed E-state index contributed by atoms with van der Waals surface area (Å²) in [6, 6.07) is 6.00. The molecule has 3 rings (SSSR count). The van der Waals surface area contributed by atoms with Gasteiger partial charge in [-0.25, -0.2) is 0 Å². The molecule has 0 atom stereocenters. The number of anilines is 1. The van der Waals surface area contributed by atoms with Gasteiger partial charge in [-0.15, -0.1) is 0 Å². The summed E-state index contributed by atoms with van der Waals surface area (Å²) in [4.78, 5) is 0. The molecule has 3 aromatic rings. The number of hydrogen-bond acceptors (Lipinski definition) is 4. The van der Waals surface area contributed by atoms with Gasteiger partial charge in [0.1, 0.15) is 17.3 Å². The van der Waals surface area contributed by atoms with Gasteiger partial charge in [-0.3, -0.25) is 9.78 Å². The van der Waals surface area contributed by atoms with Gasteiger partial charge in [0.25, 0.3) is 0 Å². The molecule has 6 nitrogen and oxygen atoms in total. The van der Waals surface area contributed by atoms with Crippen LogP contribution in [0, 0.1) is 6.92 Å². The number of aromatic amines is 1. The van der Waals surface area contributed by atoms with Crippen LogP contribution in [0.4, 0.5) is 5.82 Å². The number of rotatable bonds is 3. The summed E-state index contributed by atoms with van der Waals surface area (Å²) in [5.41, 5.74) is 10.8. The highest BCUT2D eigenvalue weighted by molar-refractivity contribution is 5.90. The highest BCUT2D eigenvalue weighted by atomic mass is 16.5. The summed E-state index contributed by atoms with van der Waals surface area (Å²) in [6.07, 6.45) is 3.53. The van der Waals surface area contributed by atoms with Crippen LogP contribution in [0.2, 0.25) is 0 Å². The number of aromatic nitrogens is 4. The predicted octanol–water partition coefficient (Wildman–Crippen LogP) is 2.38. The third kappa shape index (κ3) is 2.14. The van der Waals surface area contributed by atoms with Gasteiger partial charge in [0.05, 0.1) is 18.9 Å². The molecule has 0 aliphatic rings. The number of nitrogens with zero attached hydrogens (tertiary/aromatic N) is 3. The molecule has 6 heteroatoms. The van der Waals surface area contributed by atoms with Crippen LogP contribution in [0.5, 0.6) is 5.75 Å². The molecule has 1 aromatic carbocycles. The van der Waals surface area contributed by atoms with E-state index >= 15 is 0 Å². The molecule has 0 amide bonds. The number of H-pyrrole nitrogens is 1. The second-order valence-electron chi connectivity index (χ2n) is 4.92. The molecule has 0 radical (unpaired) electrons. The average molecular weight is 283 g/mol. The second-order valence-corrected chi connectivity index (χ2v) is 4.92. The van der Waals surface area contributed by atoms with Gasteiger partial charge in [-0.2, -0.15) is 10.2 Å². The number of methoxy groups -OCH3 is 1. The van der Waals surface area contributed by atoms with E-state index in [-0.39, 0.29) is 0 Å². The molecular weight excluding hydrogens is 266 g/mol. The quantitative estimate of drug-likeness (QED) is 0.773. The summed E-state index contributed by atoms with van der Waals surface area (Å²) in [5, 5.41) is 11.3. The largest absolute Gasteiger partial charge is 0.496 e. The molecule has 0 unspecified atom stereocenters. The molecule has 0 fully saturated rings. The Labute approximate surface area is 122 Å². The lowest BCUT2D eigenvalue weighted by molar-refractivity contribution is 0.416. The van der Waals surface area contributed by atoms with Crippen molar-refractivity contribution in [3.63, 3.8) is 0 Å². The first-order valence-electron chi connectivity index (χ1n) is 6.58. The van der Waals surface area contributed by atoms with E-state index in [4.69, 9.17) is 10.5 Å². The van der Waals surface area contributed by atoms with E-state index in [0.717, 1.165) is 33.7 Å². The zero-order chi connectivity index (χ0) is 15.0. The Morgan fingerprint density at radius 1 is 1.33 bits per heavy atom. The van der Waals surface area contributed by atoms with Gasteiger partial charge in [0.2, 0.25) is 0 Å². The van der Waals surface area contributed by atoms with E-state index < -0.39 is 0 Å². The van der Waals surface area contributed by atoms with Crippen LogP contribution >= 0.6 is 0 Å². The molecule has 2 heterocycles. The number of ether oxygens (including phenoxy) is 1. The summed E-state index contributed by atoms with van der Waals surface area (Å²) in [5.74, 6) is 1.36. The second kappa shape index (κ2) is 4.97. The van der Waals surface area contributed by atoms with Crippen molar-refractivity contribution in [2.24, 2.45) is 7.05 Å². The van der Waals surface area contributed by atoms with Crippen molar-refractivity contribution in [1.29, 1.82) is 0 Å². The van der Waals surface area contributed by atoms with Crippen molar-refractivity contribution >= 4 is 5.82 Å². The van der Waals surface area contributed by atoms with Crippen molar-refractivity contribution in [3.8, 4) is 28.1 Å². The Morgan fingerprint density at radius 2 is 2.14 bits per heavy atom. The highest BCUT2D eigenvalue weighted by Gasteiger charge is 2.21. The molecule has 0 saturated heterocycles. The molecular formula is C15H17N5O. The minimum atomic E-state index is 0.593. The van der Waals surface area contributed by atoms with Crippen molar-refractivity contribution in [3.05, 3.63) is 36.2 Å². The highest BCUT2D eigenvalue weighted by Crippen LogP contribution is 2.40. The zero-order valence-corrected chi connectivity index (χ0v) is 12.2. The molecule has 0 aliphatic carbocycles. The third-order valence-electron chi connectivity index (χ3n) is 3.49. The maximum absolute atomic E-state index is 6.23. The topological polar surface area (TPSA) is 81.8 Å². The normalized spacial score (nSPS) is 10.8. The van der Waals surface area contributed by atoms with Crippen LogP contribution in [0.15, 0.2) is 30.6 Å². The SMILES string of the molecule is COc1ccc(C)cc1-c1c(-c2cn[nH]c2)nn(C)c1N. The summed E-state index contributed by atoms with van der Waals surface area (Å²) < 4.78 is 7.14. The van der Waals surface area contributed by atoms with Gasteiger partial charge in [-0.05, 0) is 19.1 Å². The van der Waals surface area contributed by atoms with Crippen LogP contribution in [0.1, 0.15) is 5.56 Å². The van der Waals surface area contributed by atoms with Crippen LogP contribution in [0.25, 0.3) is 22.4 Å². The average Bonchev–Trinajstić information content (AvgIpc) is 3.08. The molecule has 108 valence electrons. The predicted molar refractivity (Wildman–Crippen MR) is 81.9 cm³/mol. The van der Waals surface area contributed by atoms with Crippen molar-refractivity contribution in [2.45, 2.75) is 6.92 Å². The smallest absolute Gasteiger partial charge is 0.130 e. The van der Waals surface area contributed by atoms with Crippen molar-refractivity contribution in [2.75, 3.05) is 12.8 Å². The Kier molecular flexibility index (Phi) is 3.13. The Bertz CT molecular complexity index is 774. The lowest BCUT2D eigenvalue weighted by atomic mass is 10.00. The van der Waals surface area contributed by atoms with Gasteiger partial charge < -0.3 is 10.5 Å². The van der Waals surface area contributed by atoms with Gasteiger partial charge in [0, 0.05) is 24.4 Å². The Balaban J connectivity index is 2.30. The number of benzene rings is 1. The standard InChI is InChI=1S/C15H17N5O/c1-9-4-5-12(21-3)11(6-9)13-14(10-7-17-18-8-10)19-20(2)15(13)16/h4-8H,16H2,1-3H3,(H,17,18). The molecule has 0 aliphatic heterocycles. The molecule has 0 spiro atoms. The van der Waals surface area contributed by atoms with E-state index in [0.29, 0.717) is 5.82 Å². The van der Waals surface area contributed by atoms with Gasteiger partial charge in [0.15, 0.2) is 0 Å². The fraction of sp³-hybridized carbons (Fsp3) is 0.200. The maximum atomic E-state index is 6.23. The van der Waals surface area contributed by atoms with E-state index in [2.05, 4.69) is 21.4 Å². The molecule has 3 N–H and O–H groups in total. The monoisotopic (exact) mass is 283 g/mol. The first kappa shape index (κ1) is 13.2. The Morgan fingerprint density at radius 3 is 2.81 bits per heavy atom. The van der Waals surface area contributed by atoms with Gasteiger partial charge in [-0.1, -0.05) is 11.6 Å². The molecule has 0 saturated carbocycles. The minimum Gasteiger partial charge on any atom is -0.496 e. The number of nitrogens with two attached hydrogens (primary N) is 1.